The van der Waals surface area contributed by atoms with Crippen molar-refractivity contribution in [1.82, 2.24) is 5.43 Å². The normalized spacial score (nSPS) is 11.3. The summed E-state index contributed by atoms with van der Waals surface area (Å²) in [5.41, 5.74) is 5.37. The first-order valence-corrected chi connectivity index (χ1v) is 11.5. The van der Waals surface area contributed by atoms with Crippen molar-refractivity contribution in [2.75, 3.05) is 6.61 Å². The number of carbonyl (C=O) groups is 1. The van der Waals surface area contributed by atoms with Crippen LogP contribution in [0.3, 0.4) is 0 Å². The van der Waals surface area contributed by atoms with Gasteiger partial charge < -0.3 is 9.15 Å². The van der Waals surface area contributed by atoms with Gasteiger partial charge in [0.05, 0.1) is 10.7 Å². The van der Waals surface area contributed by atoms with Crippen LogP contribution in [0.4, 0.5) is 0 Å². The molecule has 0 unspecified atom stereocenters. The van der Waals surface area contributed by atoms with Gasteiger partial charge in [0.15, 0.2) is 6.61 Å². The van der Waals surface area contributed by atoms with Gasteiger partial charge in [-0.15, -0.1) is 0 Å². The highest BCUT2D eigenvalue weighted by molar-refractivity contribution is 9.11. The van der Waals surface area contributed by atoms with E-state index in [0.29, 0.717) is 22.3 Å². The number of hydrogen-bond donors (Lipinski definition) is 1. The summed E-state index contributed by atoms with van der Waals surface area (Å²) in [5, 5.41) is 4.61. The standard InChI is InChI=1S/C23H21Br2ClN2O3/c1-13(2)18-10-19(24)14(3)22(25)23(18)30-12-21(29)28-27-11-17-8-9-20(31-17)15-4-6-16(26)7-5-15/h4-11,13H,12H2,1-3H3,(H,28,29)/b27-11+. The first kappa shape index (κ1) is 23.6. The smallest absolute Gasteiger partial charge is 0.277 e. The summed E-state index contributed by atoms with van der Waals surface area (Å²) in [6.07, 6.45) is 1.44. The molecule has 0 aliphatic carbocycles. The molecule has 0 spiro atoms. The molecule has 3 aromatic rings. The van der Waals surface area contributed by atoms with Crippen molar-refractivity contribution in [3.8, 4) is 17.1 Å². The van der Waals surface area contributed by atoms with Crippen LogP contribution in [0.2, 0.25) is 5.02 Å². The van der Waals surface area contributed by atoms with E-state index in [0.717, 1.165) is 25.6 Å². The Hall–Kier alpha value is -2.09. The van der Waals surface area contributed by atoms with Crippen LogP contribution in [0.1, 0.15) is 36.7 Å². The Morgan fingerprint density at radius 2 is 1.94 bits per heavy atom. The van der Waals surface area contributed by atoms with Crippen LogP contribution >= 0.6 is 43.5 Å². The van der Waals surface area contributed by atoms with Gasteiger partial charge in [-0.1, -0.05) is 41.4 Å². The van der Waals surface area contributed by atoms with Crippen molar-refractivity contribution < 1.29 is 13.9 Å². The van der Waals surface area contributed by atoms with Gasteiger partial charge in [0.1, 0.15) is 17.3 Å². The summed E-state index contributed by atoms with van der Waals surface area (Å²) >= 11 is 13.0. The second-order valence-corrected chi connectivity index (χ2v) is 9.24. The predicted molar refractivity (Wildman–Crippen MR) is 131 cm³/mol. The van der Waals surface area contributed by atoms with E-state index in [2.05, 4.69) is 56.2 Å². The fraction of sp³-hybridized carbons (Fsp3) is 0.217. The molecule has 0 saturated heterocycles. The number of benzene rings is 2. The minimum Gasteiger partial charge on any atom is -0.482 e. The highest BCUT2D eigenvalue weighted by atomic mass is 79.9. The van der Waals surface area contributed by atoms with Gasteiger partial charge in [-0.2, -0.15) is 5.10 Å². The molecule has 0 aliphatic rings. The molecule has 0 radical (unpaired) electrons. The monoisotopic (exact) mass is 566 g/mol. The minimum atomic E-state index is -0.372. The van der Waals surface area contributed by atoms with Gasteiger partial charge >= 0.3 is 0 Å². The highest BCUT2D eigenvalue weighted by Crippen LogP contribution is 2.40. The van der Waals surface area contributed by atoms with Crippen LogP contribution in [0, 0.1) is 6.92 Å². The van der Waals surface area contributed by atoms with Crippen LogP contribution in [0.5, 0.6) is 5.75 Å². The third-order valence-corrected chi connectivity index (χ3v) is 6.57. The zero-order valence-corrected chi connectivity index (χ0v) is 21.1. The van der Waals surface area contributed by atoms with Gasteiger partial charge in [0, 0.05) is 15.1 Å². The zero-order chi connectivity index (χ0) is 22.5. The third-order valence-electron chi connectivity index (χ3n) is 4.54. The molecule has 162 valence electrons. The molecular formula is C23H21Br2ClN2O3. The van der Waals surface area contributed by atoms with E-state index in [1.807, 2.05) is 31.2 Å². The van der Waals surface area contributed by atoms with Crippen molar-refractivity contribution in [3.05, 3.63) is 73.3 Å². The molecule has 8 heteroatoms. The Kier molecular flexibility index (Phi) is 7.97. The van der Waals surface area contributed by atoms with Crippen LogP contribution in [0.15, 0.2) is 60.9 Å². The lowest BCUT2D eigenvalue weighted by atomic mass is 10.0. The zero-order valence-electron chi connectivity index (χ0n) is 17.2. The number of hydrazone groups is 1. The molecule has 1 amide bonds. The molecule has 1 heterocycles. The first-order chi connectivity index (χ1) is 14.8. The maximum atomic E-state index is 12.2. The van der Waals surface area contributed by atoms with Crippen LogP contribution < -0.4 is 10.2 Å². The lowest BCUT2D eigenvalue weighted by Crippen LogP contribution is -2.25. The van der Waals surface area contributed by atoms with Gasteiger partial charge in [-0.25, -0.2) is 5.43 Å². The molecule has 0 aliphatic heterocycles. The number of ether oxygens (including phenoxy) is 1. The molecule has 1 N–H and O–H groups in total. The topological polar surface area (TPSA) is 63.8 Å². The number of carbonyl (C=O) groups excluding carboxylic acids is 1. The fourth-order valence-electron chi connectivity index (χ4n) is 2.82. The Morgan fingerprint density at radius 3 is 2.61 bits per heavy atom. The summed E-state index contributed by atoms with van der Waals surface area (Å²) in [5.74, 6) is 1.72. The molecule has 0 bridgehead atoms. The number of nitrogens with one attached hydrogen (secondary N) is 1. The molecular weight excluding hydrogens is 548 g/mol. The fourth-order valence-corrected chi connectivity index (χ4v) is 4.21. The number of furan rings is 1. The van der Waals surface area contributed by atoms with E-state index in [1.54, 1.807) is 18.2 Å². The largest absolute Gasteiger partial charge is 0.482 e. The van der Waals surface area contributed by atoms with Crippen LogP contribution in [0.25, 0.3) is 11.3 Å². The van der Waals surface area contributed by atoms with Crippen molar-refractivity contribution in [2.24, 2.45) is 5.10 Å². The summed E-state index contributed by atoms with van der Waals surface area (Å²) < 4.78 is 13.3. The summed E-state index contributed by atoms with van der Waals surface area (Å²) in [6, 6.07) is 12.9. The SMILES string of the molecule is Cc1c(Br)cc(C(C)C)c(OCC(=O)N/N=C/c2ccc(-c3ccc(Cl)cc3)o2)c1Br. The molecule has 5 nitrogen and oxygen atoms in total. The maximum Gasteiger partial charge on any atom is 0.277 e. The molecule has 1 aromatic heterocycles. The van der Waals surface area contributed by atoms with E-state index in [-0.39, 0.29) is 18.4 Å². The summed E-state index contributed by atoms with van der Waals surface area (Å²) in [4.78, 5) is 12.2. The number of nitrogens with zero attached hydrogens (tertiary/aromatic N) is 1. The van der Waals surface area contributed by atoms with E-state index in [9.17, 15) is 4.79 Å². The highest BCUT2D eigenvalue weighted by Gasteiger charge is 2.17. The Morgan fingerprint density at radius 1 is 1.23 bits per heavy atom. The van der Waals surface area contributed by atoms with Gasteiger partial charge in [0.25, 0.3) is 5.91 Å². The van der Waals surface area contributed by atoms with E-state index < -0.39 is 0 Å². The molecule has 3 rings (SSSR count). The Balaban J connectivity index is 1.60. The van der Waals surface area contributed by atoms with E-state index in [1.165, 1.54) is 6.21 Å². The van der Waals surface area contributed by atoms with Crippen molar-refractivity contribution >= 4 is 55.6 Å². The lowest BCUT2D eigenvalue weighted by molar-refractivity contribution is -0.123. The average Bonchev–Trinajstić information content (AvgIpc) is 3.20. The van der Waals surface area contributed by atoms with Crippen molar-refractivity contribution in [2.45, 2.75) is 26.7 Å². The Bertz CT molecular complexity index is 1110. The number of halogens is 3. The molecule has 2 aromatic carbocycles. The summed E-state index contributed by atoms with van der Waals surface area (Å²) in [7, 11) is 0. The quantitative estimate of drug-likeness (QED) is 0.245. The number of amides is 1. The maximum absolute atomic E-state index is 12.2. The molecule has 31 heavy (non-hydrogen) atoms. The first-order valence-electron chi connectivity index (χ1n) is 9.55. The van der Waals surface area contributed by atoms with Gasteiger partial charge in [-0.3, -0.25) is 4.79 Å². The van der Waals surface area contributed by atoms with Gasteiger partial charge in [0.2, 0.25) is 0 Å². The second kappa shape index (κ2) is 10.5. The van der Waals surface area contributed by atoms with Crippen LogP contribution in [-0.2, 0) is 4.79 Å². The number of rotatable bonds is 7. The second-order valence-electron chi connectivity index (χ2n) is 7.16. The van der Waals surface area contributed by atoms with Crippen LogP contribution in [-0.4, -0.2) is 18.7 Å². The van der Waals surface area contributed by atoms with E-state index >= 15 is 0 Å². The third kappa shape index (κ3) is 5.99. The summed E-state index contributed by atoms with van der Waals surface area (Å²) in [6.45, 7) is 5.95. The van der Waals surface area contributed by atoms with E-state index in [4.69, 9.17) is 20.8 Å². The number of hydrogen-bond acceptors (Lipinski definition) is 4. The Labute approximate surface area is 203 Å². The molecule has 0 atom stereocenters. The molecule has 0 fully saturated rings. The van der Waals surface area contributed by atoms with Crippen molar-refractivity contribution in [3.63, 3.8) is 0 Å². The molecule has 0 saturated carbocycles. The lowest BCUT2D eigenvalue weighted by Gasteiger charge is -2.18. The minimum absolute atomic E-state index is 0.162. The predicted octanol–water partition coefficient (Wildman–Crippen LogP) is 7.09. The van der Waals surface area contributed by atoms with Gasteiger partial charge in [-0.05, 0) is 82.4 Å². The van der Waals surface area contributed by atoms with Crippen molar-refractivity contribution in [1.29, 1.82) is 0 Å². The average molecular weight is 569 g/mol.